The van der Waals surface area contributed by atoms with E-state index in [4.69, 9.17) is 14.9 Å². The summed E-state index contributed by atoms with van der Waals surface area (Å²) in [5, 5.41) is 0.898. The van der Waals surface area contributed by atoms with E-state index in [-0.39, 0.29) is 0 Å². The summed E-state index contributed by atoms with van der Waals surface area (Å²) in [5.74, 6) is 0.712. The number of rotatable bonds is 1. The van der Waals surface area contributed by atoms with Gasteiger partial charge in [0.05, 0.1) is 12.8 Å². The fourth-order valence-corrected chi connectivity index (χ4v) is 1.21. The number of ether oxygens (including phenoxy) is 1. The second-order valence-corrected chi connectivity index (χ2v) is 2.53. The zero-order valence-corrected chi connectivity index (χ0v) is 6.70. The third kappa shape index (κ3) is 0.830. The number of fused-ring (bicyclic) bond motifs is 1. The number of anilines is 1. The number of methoxy groups -OCH3 is 1. The molecule has 0 bridgehead atoms. The number of benzene rings is 1. The summed E-state index contributed by atoms with van der Waals surface area (Å²) in [6.07, 6.45) is 1.52. The Kier molecular flexibility index (Phi) is 1.43. The highest BCUT2D eigenvalue weighted by Crippen LogP contribution is 2.30. The summed E-state index contributed by atoms with van der Waals surface area (Å²) >= 11 is 0. The summed E-state index contributed by atoms with van der Waals surface area (Å²) in [6, 6.07) is 5.62. The van der Waals surface area contributed by atoms with E-state index >= 15 is 0 Å². The monoisotopic (exact) mass is 163 g/mol. The number of nitrogen functional groups attached to an aromatic ring is 1. The summed E-state index contributed by atoms with van der Waals surface area (Å²) in [5.41, 5.74) is 7.00. The molecule has 1 heterocycles. The van der Waals surface area contributed by atoms with Crippen molar-refractivity contribution in [1.82, 2.24) is 0 Å². The highest BCUT2D eigenvalue weighted by molar-refractivity contribution is 5.92. The molecule has 0 aliphatic rings. The molecule has 0 atom stereocenters. The molecule has 0 amide bonds. The van der Waals surface area contributed by atoms with Crippen LogP contribution in [0.2, 0.25) is 0 Å². The molecule has 0 spiro atoms. The van der Waals surface area contributed by atoms with Crippen LogP contribution in [0.15, 0.2) is 28.9 Å². The molecule has 1 aromatic heterocycles. The van der Waals surface area contributed by atoms with Crippen LogP contribution in [0.1, 0.15) is 0 Å². The first-order valence-corrected chi connectivity index (χ1v) is 3.62. The third-order valence-electron chi connectivity index (χ3n) is 1.81. The molecule has 12 heavy (non-hydrogen) atoms. The van der Waals surface area contributed by atoms with Crippen molar-refractivity contribution in [2.24, 2.45) is 0 Å². The quantitative estimate of drug-likeness (QED) is 0.699. The number of furan rings is 1. The van der Waals surface area contributed by atoms with Gasteiger partial charge in [0, 0.05) is 5.39 Å². The summed E-state index contributed by atoms with van der Waals surface area (Å²) in [6.45, 7) is 0. The second-order valence-electron chi connectivity index (χ2n) is 2.53. The Morgan fingerprint density at radius 1 is 1.42 bits per heavy atom. The highest BCUT2D eigenvalue weighted by Gasteiger charge is 2.06. The Bertz CT molecular complexity index is 406. The first kappa shape index (κ1) is 7.03. The molecular weight excluding hydrogens is 154 g/mol. The Labute approximate surface area is 69.7 Å². The van der Waals surface area contributed by atoms with Gasteiger partial charge in [-0.15, -0.1) is 0 Å². The highest BCUT2D eigenvalue weighted by atomic mass is 16.5. The van der Waals surface area contributed by atoms with Gasteiger partial charge in [-0.05, 0) is 12.1 Å². The lowest BCUT2D eigenvalue weighted by Crippen LogP contribution is -1.83. The van der Waals surface area contributed by atoms with Crippen molar-refractivity contribution in [1.29, 1.82) is 0 Å². The van der Waals surface area contributed by atoms with Gasteiger partial charge in [-0.25, -0.2) is 0 Å². The first-order chi connectivity index (χ1) is 5.83. The minimum Gasteiger partial charge on any atom is -0.493 e. The smallest absolute Gasteiger partial charge is 0.177 e. The molecule has 0 aliphatic carbocycles. The first-order valence-electron chi connectivity index (χ1n) is 3.62. The standard InChI is InChI=1S/C9H9NO2/c1-11-8-4-2-3-6-7(10)5-12-9(6)8/h2-5H,10H2,1H3. The molecule has 3 nitrogen and oxygen atoms in total. The SMILES string of the molecule is COc1cccc2c(N)coc12. The molecule has 0 radical (unpaired) electrons. The molecule has 1 aromatic carbocycles. The third-order valence-corrected chi connectivity index (χ3v) is 1.81. The van der Waals surface area contributed by atoms with E-state index in [1.165, 1.54) is 6.26 Å². The van der Waals surface area contributed by atoms with E-state index in [9.17, 15) is 0 Å². The molecule has 2 aromatic rings. The number of hydrogen-bond donors (Lipinski definition) is 1. The topological polar surface area (TPSA) is 48.4 Å². The van der Waals surface area contributed by atoms with Crippen LogP contribution in [0.3, 0.4) is 0 Å². The van der Waals surface area contributed by atoms with E-state index in [1.807, 2.05) is 18.2 Å². The molecule has 0 unspecified atom stereocenters. The fraction of sp³-hybridized carbons (Fsp3) is 0.111. The predicted octanol–water partition coefficient (Wildman–Crippen LogP) is 2.02. The van der Waals surface area contributed by atoms with E-state index < -0.39 is 0 Å². The predicted molar refractivity (Wildman–Crippen MR) is 47.2 cm³/mol. The van der Waals surface area contributed by atoms with Crippen LogP contribution in [-0.2, 0) is 0 Å². The average molecular weight is 163 g/mol. The van der Waals surface area contributed by atoms with Crippen LogP contribution in [0.4, 0.5) is 5.69 Å². The van der Waals surface area contributed by atoms with Crippen LogP contribution in [-0.4, -0.2) is 7.11 Å². The Balaban J connectivity index is 2.81. The van der Waals surface area contributed by atoms with E-state index in [1.54, 1.807) is 7.11 Å². The van der Waals surface area contributed by atoms with E-state index in [2.05, 4.69) is 0 Å². The fourth-order valence-electron chi connectivity index (χ4n) is 1.21. The molecule has 0 saturated heterocycles. The lowest BCUT2D eigenvalue weighted by atomic mass is 10.2. The minimum atomic E-state index is 0.643. The molecule has 62 valence electrons. The lowest BCUT2D eigenvalue weighted by molar-refractivity contribution is 0.410. The Morgan fingerprint density at radius 2 is 2.25 bits per heavy atom. The molecule has 3 heteroatoms. The van der Waals surface area contributed by atoms with Crippen molar-refractivity contribution in [3.8, 4) is 5.75 Å². The second kappa shape index (κ2) is 2.44. The molecule has 2 rings (SSSR count). The maximum absolute atomic E-state index is 5.65. The molecular formula is C9H9NO2. The van der Waals surface area contributed by atoms with Gasteiger partial charge in [0.25, 0.3) is 0 Å². The van der Waals surface area contributed by atoms with Gasteiger partial charge in [0.2, 0.25) is 0 Å². The van der Waals surface area contributed by atoms with Crippen LogP contribution in [0.5, 0.6) is 5.75 Å². The number of para-hydroxylation sites is 1. The number of hydrogen-bond acceptors (Lipinski definition) is 3. The molecule has 2 N–H and O–H groups in total. The summed E-state index contributed by atoms with van der Waals surface area (Å²) in [7, 11) is 1.60. The number of nitrogens with two attached hydrogens (primary N) is 1. The van der Waals surface area contributed by atoms with Crippen molar-refractivity contribution in [3.63, 3.8) is 0 Å². The van der Waals surface area contributed by atoms with Crippen molar-refractivity contribution >= 4 is 16.7 Å². The van der Waals surface area contributed by atoms with Crippen molar-refractivity contribution in [2.75, 3.05) is 12.8 Å². The van der Waals surface area contributed by atoms with Gasteiger partial charge in [0.15, 0.2) is 11.3 Å². The van der Waals surface area contributed by atoms with Crippen LogP contribution < -0.4 is 10.5 Å². The van der Waals surface area contributed by atoms with Gasteiger partial charge in [-0.3, -0.25) is 0 Å². The van der Waals surface area contributed by atoms with Gasteiger partial charge >= 0.3 is 0 Å². The van der Waals surface area contributed by atoms with Gasteiger partial charge in [0.1, 0.15) is 6.26 Å². The zero-order valence-electron chi connectivity index (χ0n) is 6.70. The summed E-state index contributed by atoms with van der Waals surface area (Å²) < 4.78 is 10.3. The molecule has 0 fully saturated rings. The van der Waals surface area contributed by atoms with Crippen LogP contribution in [0, 0.1) is 0 Å². The Morgan fingerprint density at radius 3 is 3.00 bits per heavy atom. The maximum atomic E-state index is 5.65. The van der Waals surface area contributed by atoms with Crippen LogP contribution >= 0.6 is 0 Å². The molecule has 0 saturated carbocycles. The normalized spacial score (nSPS) is 10.4. The summed E-state index contributed by atoms with van der Waals surface area (Å²) in [4.78, 5) is 0. The van der Waals surface area contributed by atoms with Crippen molar-refractivity contribution in [3.05, 3.63) is 24.5 Å². The van der Waals surface area contributed by atoms with Gasteiger partial charge in [-0.2, -0.15) is 0 Å². The molecule has 0 aliphatic heterocycles. The van der Waals surface area contributed by atoms with Gasteiger partial charge in [-0.1, -0.05) is 6.07 Å². The van der Waals surface area contributed by atoms with Crippen molar-refractivity contribution < 1.29 is 9.15 Å². The van der Waals surface area contributed by atoms with E-state index in [0.717, 1.165) is 5.39 Å². The van der Waals surface area contributed by atoms with Crippen molar-refractivity contribution in [2.45, 2.75) is 0 Å². The maximum Gasteiger partial charge on any atom is 0.177 e. The van der Waals surface area contributed by atoms with E-state index in [0.29, 0.717) is 17.0 Å². The van der Waals surface area contributed by atoms with Crippen LogP contribution in [0.25, 0.3) is 11.0 Å². The Hall–Kier alpha value is -1.64. The minimum absolute atomic E-state index is 0.643. The zero-order chi connectivity index (χ0) is 8.55. The largest absolute Gasteiger partial charge is 0.493 e. The average Bonchev–Trinajstić information content (AvgIpc) is 2.48. The lowest BCUT2D eigenvalue weighted by Gasteiger charge is -1.98. The van der Waals surface area contributed by atoms with Gasteiger partial charge < -0.3 is 14.9 Å².